The highest BCUT2D eigenvalue weighted by Gasteiger charge is 2.19. The third-order valence-corrected chi connectivity index (χ3v) is 3.87. The van der Waals surface area contributed by atoms with Crippen molar-refractivity contribution in [1.82, 2.24) is 5.32 Å². The number of allylic oxidation sites excluding steroid dienone is 1. The number of nitrogens with one attached hydrogen (secondary N) is 1. The Bertz CT molecular complexity index is 233. The Balaban J connectivity index is 1.77. The molecule has 1 N–H and O–H groups in total. The van der Waals surface area contributed by atoms with E-state index in [-0.39, 0.29) is 11.3 Å². The number of hydrogen-bond acceptors (Lipinski definition) is 2. The molecule has 0 spiro atoms. The van der Waals surface area contributed by atoms with Crippen molar-refractivity contribution in [2.24, 2.45) is 5.92 Å². The standard InChI is InChI=1S/C11H17NOS/c13-11-12-10(8-14-11)7-6-9-4-2-1-3-5-9/h6-7,9-10H,1-5,8H2,(H,12,13)/b7-6+. The zero-order chi connectivity index (χ0) is 9.80. The maximum absolute atomic E-state index is 10.9. The molecule has 3 heteroatoms. The lowest BCUT2D eigenvalue weighted by Crippen LogP contribution is -2.23. The van der Waals surface area contributed by atoms with Crippen molar-refractivity contribution in [1.29, 1.82) is 0 Å². The van der Waals surface area contributed by atoms with Crippen LogP contribution in [0.4, 0.5) is 4.79 Å². The van der Waals surface area contributed by atoms with Gasteiger partial charge in [-0.25, -0.2) is 0 Å². The van der Waals surface area contributed by atoms with Crippen molar-refractivity contribution < 1.29 is 4.79 Å². The van der Waals surface area contributed by atoms with Gasteiger partial charge in [0.15, 0.2) is 0 Å². The van der Waals surface area contributed by atoms with E-state index >= 15 is 0 Å². The first kappa shape index (κ1) is 10.1. The molecule has 0 aromatic carbocycles. The average Bonchev–Trinajstić information content (AvgIpc) is 2.63. The van der Waals surface area contributed by atoms with Gasteiger partial charge >= 0.3 is 0 Å². The van der Waals surface area contributed by atoms with Crippen LogP contribution in [-0.2, 0) is 0 Å². The minimum absolute atomic E-state index is 0.128. The van der Waals surface area contributed by atoms with E-state index in [1.165, 1.54) is 43.9 Å². The summed E-state index contributed by atoms with van der Waals surface area (Å²) in [5.74, 6) is 1.67. The Morgan fingerprint density at radius 1 is 1.21 bits per heavy atom. The molecule has 0 aromatic rings. The Hall–Kier alpha value is -0.440. The van der Waals surface area contributed by atoms with E-state index in [1.54, 1.807) is 0 Å². The van der Waals surface area contributed by atoms with E-state index < -0.39 is 0 Å². The van der Waals surface area contributed by atoms with E-state index in [4.69, 9.17) is 0 Å². The Kier molecular flexibility index (Phi) is 3.51. The van der Waals surface area contributed by atoms with Crippen LogP contribution in [0.1, 0.15) is 32.1 Å². The molecule has 1 saturated carbocycles. The van der Waals surface area contributed by atoms with Crippen molar-refractivity contribution in [2.75, 3.05) is 5.75 Å². The lowest BCUT2D eigenvalue weighted by atomic mass is 9.89. The quantitative estimate of drug-likeness (QED) is 0.711. The zero-order valence-corrected chi connectivity index (χ0v) is 9.19. The normalized spacial score (nSPS) is 29.7. The fraction of sp³-hybridized carbons (Fsp3) is 0.727. The Labute approximate surface area is 89.5 Å². The molecule has 1 heterocycles. The van der Waals surface area contributed by atoms with Crippen LogP contribution in [-0.4, -0.2) is 17.0 Å². The van der Waals surface area contributed by atoms with Gasteiger partial charge in [-0.05, 0) is 18.8 Å². The van der Waals surface area contributed by atoms with Crippen molar-refractivity contribution in [3.8, 4) is 0 Å². The average molecular weight is 211 g/mol. The third-order valence-electron chi connectivity index (χ3n) is 2.96. The molecule has 1 saturated heterocycles. The summed E-state index contributed by atoms with van der Waals surface area (Å²) in [5.41, 5.74) is 0. The van der Waals surface area contributed by atoms with Gasteiger partial charge < -0.3 is 5.32 Å². The Morgan fingerprint density at radius 2 is 2.00 bits per heavy atom. The first-order valence-electron chi connectivity index (χ1n) is 5.46. The fourth-order valence-electron chi connectivity index (χ4n) is 2.12. The van der Waals surface area contributed by atoms with Crippen molar-refractivity contribution in [3.05, 3.63) is 12.2 Å². The molecule has 1 atom stereocenters. The smallest absolute Gasteiger partial charge is 0.279 e. The lowest BCUT2D eigenvalue weighted by molar-refractivity contribution is 0.261. The lowest BCUT2D eigenvalue weighted by Gasteiger charge is -2.18. The van der Waals surface area contributed by atoms with E-state index in [1.807, 2.05) is 0 Å². The molecular weight excluding hydrogens is 194 g/mol. The van der Waals surface area contributed by atoms with Gasteiger partial charge in [-0.1, -0.05) is 43.2 Å². The van der Waals surface area contributed by atoms with Crippen molar-refractivity contribution in [2.45, 2.75) is 38.1 Å². The fourth-order valence-corrected chi connectivity index (χ4v) is 2.88. The van der Waals surface area contributed by atoms with E-state index in [0.717, 1.165) is 11.7 Å². The summed E-state index contributed by atoms with van der Waals surface area (Å²) < 4.78 is 0. The maximum atomic E-state index is 10.9. The minimum atomic E-state index is 0.128. The number of rotatable bonds is 2. The molecular formula is C11H17NOS. The van der Waals surface area contributed by atoms with Crippen LogP contribution in [0.25, 0.3) is 0 Å². The van der Waals surface area contributed by atoms with Crippen LogP contribution in [0.2, 0.25) is 0 Å². The SMILES string of the molecule is O=C1NC(/C=C/C2CCCCC2)CS1. The number of carbonyl (C=O) groups is 1. The molecule has 1 aliphatic carbocycles. The maximum Gasteiger partial charge on any atom is 0.279 e. The number of hydrogen-bond donors (Lipinski definition) is 1. The molecule has 1 unspecified atom stereocenters. The number of carbonyl (C=O) groups excluding carboxylic acids is 1. The first-order valence-corrected chi connectivity index (χ1v) is 6.45. The monoisotopic (exact) mass is 211 g/mol. The third kappa shape index (κ3) is 2.77. The Morgan fingerprint density at radius 3 is 2.64 bits per heavy atom. The van der Waals surface area contributed by atoms with E-state index in [9.17, 15) is 4.79 Å². The van der Waals surface area contributed by atoms with Gasteiger partial charge in [0.25, 0.3) is 5.24 Å². The highest BCUT2D eigenvalue weighted by Crippen LogP contribution is 2.25. The van der Waals surface area contributed by atoms with Gasteiger partial charge in [-0.15, -0.1) is 0 Å². The molecule has 1 amide bonds. The number of amides is 1. The molecule has 1 aliphatic heterocycles. The van der Waals surface area contributed by atoms with Gasteiger partial charge in [0, 0.05) is 5.75 Å². The van der Waals surface area contributed by atoms with Crippen molar-refractivity contribution in [3.63, 3.8) is 0 Å². The van der Waals surface area contributed by atoms with Gasteiger partial charge in [0.1, 0.15) is 0 Å². The van der Waals surface area contributed by atoms with Gasteiger partial charge in [0.2, 0.25) is 0 Å². The molecule has 2 nitrogen and oxygen atoms in total. The highest BCUT2D eigenvalue weighted by molar-refractivity contribution is 8.14. The summed E-state index contributed by atoms with van der Waals surface area (Å²) in [6, 6.07) is 0.287. The molecule has 14 heavy (non-hydrogen) atoms. The van der Waals surface area contributed by atoms with Crippen molar-refractivity contribution >= 4 is 17.0 Å². The van der Waals surface area contributed by atoms with E-state index in [2.05, 4.69) is 17.5 Å². The van der Waals surface area contributed by atoms with Crippen LogP contribution in [0.5, 0.6) is 0 Å². The molecule has 0 radical (unpaired) electrons. The van der Waals surface area contributed by atoms with Gasteiger partial charge in [-0.3, -0.25) is 4.79 Å². The number of thioether (sulfide) groups is 1. The molecule has 0 bridgehead atoms. The summed E-state index contributed by atoms with van der Waals surface area (Å²) in [5, 5.41) is 3.06. The summed E-state index contributed by atoms with van der Waals surface area (Å²) in [4.78, 5) is 10.9. The molecule has 0 aromatic heterocycles. The molecule has 2 aliphatic rings. The largest absolute Gasteiger partial charge is 0.340 e. The predicted octanol–water partition coefficient (Wildman–Crippen LogP) is 2.95. The van der Waals surface area contributed by atoms with Gasteiger partial charge in [-0.2, -0.15) is 0 Å². The first-order chi connectivity index (χ1) is 6.84. The second kappa shape index (κ2) is 4.87. The summed E-state index contributed by atoms with van der Waals surface area (Å²) in [6.45, 7) is 0. The second-order valence-electron chi connectivity index (χ2n) is 4.13. The molecule has 2 fully saturated rings. The summed E-state index contributed by atoms with van der Waals surface area (Å²) in [6.07, 6.45) is 11.3. The van der Waals surface area contributed by atoms with Crippen LogP contribution < -0.4 is 5.32 Å². The molecule has 78 valence electrons. The highest BCUT2D eigenvalue weighted by atomic mass is 32.2. The zero-order valence-electron chi connectivity index (χ0n) is 8.37. The van der Waals surface area contributed by atoms with Crippen LogP contribution in [0.15, 0.2) is 12.2 Å². The predicted molar refractivity (Wildman–Crippen MR) is 60.5 cm³/mol. The second-order valence-corrected chi connectivity index (χ2v) is 5.13. The van der Waals surface area contributed by atoms with Crippen LogP contribution >= 0.6 is 11.8 Å². The molecule has 2 rings (SSSR count). The topological polar surface area (TPSA) is 29.1 Å². The summed E-state index contributed by atoms with van der Waals surface area (Å²) in [7, 11) is 0. The van der Waals surface area contributed by atoms with Gasteiger partial charge in [0.05, 0.1) is 6.04 Å². The van der Waals surface area contributed by atoms with Crippen LogP contribution in [0, 0.1) is 5.92 Å². The minimum Gasteiger partial charge on any atom is -0.340 e. The van der Waals surface area contributed by atoms with Crippen LogP contribution in [0.3, 0.4) is 0 Å². The summed E-state index contributed by atoms with van der Waals surface area (Å²) >= 11 is 1.39. The van der Waals surface area contributed by atoms with E-state index in [0.29, 0.717) is 0 Å².